The Bertz CT molecular complexity index is 636. The molecule has 2 aromatic rings. The van der Waals surface area contributed by atoms with Crippen LogP contribution in [0.1, 0.15) is 0 Å². The SMILES string of the molecule is O=S(OS(=O)(=O)c1ccccc1)c1ccccc1. The van der Waals surface area contributed by atoms with Crippen LogP contribution >= 0.6 is 0 Å². The Hall–Kier alpha value is -1.50. The van der Waals surface area contributed by atoms with Crippen LogP contribution in [0.25, 0.3) is 0 Å². The lowest BCUT2D eigenvalue weighted by Gasteiger charge is -2.04. The fourth-order valence-corrected chi connectivity index (χ4v) is 3.43. The highest BCUT2D eigenvalue weighted by Crippen LogP contribution is 2.16. The molecule has 2 rings (SSSR count). The summed E-state index contributed by atoms with van der Waals surface area (Å²) in [6.07, 6.45) is 0. The standard InChI is InChI=1S/C12H10O4S2/c13-17(11-7-3-1-4-8-11)16-18(14,15)12-9-5-2-6-10-12/h1-10H. The maximum Gasteiger partial charge on any atom is 0.310 e. The van der Waals surface area contributed by atoms with Gasteiger partial charge < -0.3 is 0 Å². The van der Waals surface area contributed by atoms with Crippen LogP contribution in [0.2, 0.25) is 0 Å². The zero-order chi connectivity index (χ0) is 13.0. The molecule has 0 aliphatic rings. The summed E-state index contributed by atoms with van der Waals surface area (Å²) >= 11 is -2.04. The summed E-state index contributed by atoms with van der Waals surface area (Å²) in [5.41, 5.74) is 0. The van der Waals surface area contributed by atoms with Crippen LogP contribution in [0.15, 0.2) is 70.5 Å². The van der Waals surface area contributed by atoms with Gasteiger partial charge in [0, 0.05) is 0 Å². The molecule has 0 saturated heterocycles. The van der Waals surface area contributed by atoms with Crippen LogP contribution in [0.5, 0.6) is 0 Å². The molecule has 4 nitrogen and oxygen atoms in total. The minimum atomic E-state index is -4.01. The predicted octanol–water partition coefficient (Wildman–Crippen LogP) is 2.11. The highest BCUT2D eigenvalue weighted by atomic mass is 32.3. The summed E-state index contributed by atoms with van der Waals surface area (Å²) in [5, 5.41) is 0. The quantitative estimate of drug-likeness (QED) is 0.861. The van der Waals surface area contributed by atoms with Crippen molar-refractivity contribution in [3.63, 3.8) is 0 Å². The van der Waals surface area contributed by atoms with E-state index in [1.807, 2.05) is 0 Å². The molecule has 6 heteroatoms. The minimum Gasteiger partial charge on any atom is -0.223 e. The first kappa shape index (κ1) is 12.9. The Kier molecular flexibility index (Phi) is 3.90. The molecule has 0 fully saturated rings. The van der Waals surface area contributed by atoms with E-state index in [2.05, 4.69) is 3.63 Å². The summed E-state index contributed by atoms with van der Waals surface area (Å²) in [7, 11) is -4.01. The second-order valence-electron chi connectivity index (χ2n) is 3.38. The van der Waals surface area contributed by atoms with Gasteiger partial charge in [0.25, 0.3) is 0 Å². The van der Waals surface area contributed by atoms with Gasteiger partial charge >= 0.3 is 10.1 Å². The van der Waals surface area contributed by atoms with Crippen LogP contribution in [-0.2, 0) is 24.8 Å². The molecule has 0 saturated carbocycles. The maximum atomic E-state index is 11.8. The molecule has 2 aromatic carbocycles. The molecule has 0 aromatic heterocycles. The summed E-state index contributed by atoms with van der Waals surface area (Å²) in [6.45, 7) is 0. The topological polar surface area (TPSA) is 60.4 Å². The molecule has 0 N–H and O–H groups in total. The van der Waals surface area contributed by atoms with Gasteiger partial charge in [-0.1, -0.05) is 36.4 Å². The molecule has 0 heterocycles. The second kappa shape index (κ2) is 5.43. The van der Waals surface area contributed by atoms with Crippen molar-refractivity contribution in [1.29, 1.82) is 0 Å². The van der Waals surface area contributed by atoms with E-state index < -0.39 is 21.2 Å². The van der Waals surface area contributed by atoms with E-state index in [0.717, 1.165) is 0 Å². The molecule has 0 radical (unpaired) electrons. The fourth-order valence-electron chi connectivity index (χ4n) is 1.28. The van der Waals surface area contributed by atoms with Gasteiger partial charge in [0.2, 0.25) is 11.1 Å². The Morgan fingerprint density at radius 2 is 1.33 bits per heavy atom. The first-order valence-corrected chi connectivity index (χ1v) is 7.55. The number of benzene rings is 2. The molecule has 0 bridgehead atoms. The zero-order valence-corrected chi connectivity index (χ0v) is 10.9. The molecule has 0 spiro atoms. The van der Waals surface area contributed by atoms with Crippen molar-refractivity contribution in [2.45, 2.75) is 9.79 Å². The van der Waals surface area contributed by atoms with E-state index in [0.29, 0.717) is 4.90 Å². The third kappa shape index (κ3) is 3.04. The molecule has 1 atom stereocenters. The van der Waals surface area contributed by atoms with Crippen LogP contribution in [0.4, 0.5) is 0 Å². The highest BCUT2D eigenvalue weighted by Gasteiger charge is 2.19. The first-order chi connectivity index (χ1) is 8.59. The smallest absolute Gasteiger partial charge is 0.223 e. The summed E-state index contributed by atoms with van der Waals surface area (Å²) in [4.78, 5) is 0.284. The Balaban J connectivity index is 2.23. The lowest BCUT2D eigenvalue weighted by atomic mass is 10.4. The van der Waals surface area contributed by atoms with Crippen molar-refractivity contribution in [2.75, 3.05) is 0 Å². The average molecular weight is 282 g/mol. The zero-order valence-electron chi connectivity index (χ0n) is 9.22. The third-order valence-electron chi connectivity index (χ3n) is 2.12. The lowest BCUT2D eigenvalue weighted by Crippen LogP contribution is -2.08. The van der Waals surface area contributed by atoms with Gasteiger partial charge in [0.15, 0.2) is 0 Å². The second-order valence-corrected chi connectivity index (χ2v) is 6.25. The molecule has 0 amide bonds. The van der Waals surface area contributed by atoms with E-state index in [4.69, 9.17) is 0 Å². The van der Waals surface area contributed by atoms with Crippen LogP contribution < -0.4 is 0 Å². The highest BCUT2D eigenvalue weighted by molar-refractivity contribution is 7.97. The van der Waals surface area contributed by atoms with Crippen molar-refractivity contribution >= 4 is 21.2 Å². The van der Waals surface area contributed by atoms with Gasteiger partial charge in [0.1, 0.15) is 0 Å². The number of rotatable bonds is 4. The predicted molar refractivity (Wildman–Crippen MR) is 67.6 cm³/mol. The Labute approximate surface area is 108 Å². The molecular formula is C12H10O4S2. The molecule has 18 heavy (non-hydrogen) atoms. The normalized spacial score (nSPS) is 13.1. The molecule has 1 unspecified atom stereocenters. The van der Waals surface area contributed by atoms with E-state index in [1.165, 1.54) is 24.3 Å². The van der Waals surface area contributed by atoms with Gasteiger partial charge in [-0.3, -0.25) is 0 Å². The van der Waals surface area contributed by atoms with Crippen molar-refractivity contribution in [2.24, 2.45) is 0 Å². The van der Waals surface area contributed by atoms with Crippen molar-refractivity contribution in [3.8, 4) is 0 Å². The van der Waals surface area contributed by atoms with Crippen molar-refractivity contribution in [1.82, 2.24) is 0 Å². The van der Waals surface area contributed by atoms with Gasteiger partial charge in [-0.2, -0.15) is 12.0 Å². The lowest BCUT2D eigenvalue weighted by molar-refractivity contribution is 0.498. The van der Waals surface area contributed by atoms with E-state index in [1.54, 1.807) is 36.4 Å². The van der Waals surface area contributed by atoms with E-state index in [-0.39, 0.29) is 4.90 Å². The summed E-state index contributed by atoms with van der Waals surface area (Å²) in [6, 6.07) is 15.7. The molecular weight excluding hydrogens is 272 g/mol. The van der Waals surface area contributed by atoms with Crippen LogP contribution in [-0.4, -0.2) is 12.6 Å². The molecule has 0 aliphatic heterocycles. The van der Waals surface area contributed by atoms with Gasteiger partial charge in [0.05, 0.1) is 9.79 Å². The van der Waals surface area contributed by atoms with Crippen molar-refractivity contribution in [3.05, 3.63) is 60.7 Å². The number of hydrogen-bond donors (Lipinski definition) is 0. The average Bonchev–Trinajstić information content (AvgIpc) is 2.40. The van der Waals surface area contributed by atoms with E-state index in [9.17, 15) is 12.6 Å². The maximum absolute atomic E-state index is 11.8. The Morgan fingerprint density at radius 3 is 1.89 bits per heavy atom. The van der Waals surface area contributed by atoms with Crippen LogP contribution in [0, 0.1) is 0 Å². The van der Waals surface area contributed by atoms with Crippen molar-refractivity contribution < 1.29 is 16.3 Å². The first-order valence-electron chi connectivity index (χ1n) is 5.06. The molecule has 94 valence electrons. The largest absolute Gasteiger partial charge is 0.310 e. The minimum absolute atomic E-state index is 0.0192. The van der Waals surface area contributed by atoms with E-state index >= 15 is 0 Å². The summed E-state index contributed by atoms with van der Waals surface area (Å²) in [5.74, 6) is 0. The fraction of sp³-hybridized carbons (Fsp3) is 0. The van der Waals surface area contributed by atoms with Gasteiger partial charge in [-0.05, 0) is 24.3 Å². The van der Waals surface area contributed by atoms with Gasteiger partial charge in [-0.15, -0.1) is 0 Å². The summed E-state index contributed by atoms with van der Waals surface area (Å²) < 4.78 is 40.0. The number of hydrogen-bond acceptors (Lipinski definition) is 4. The van der Waals surface area contributed by atoms with Crippen LogP contribution in [0.3, 0.4) is 0 Å². The monoisotopic (exact) mass is 282 g/mol. The Morgan fingerprint density at radius 1 is 0.833 bits per heavy atom. The third-order valence-corrected chi connectivity index (χ3v) is 4.84. The van der Waals surface area contributed by atoms with Gasteiger partial charge in [-0.25, -0.2) is 4.21 Å². The molecule has 0 aliphatic carbocycles.